The van der Waals surface area contributed by atoms with Gasteiger partial charge in [0.15, 0.2) is 25.9 Å². The number of methoxy groups -OCH3 is 1. The van der Waals surface area contributed by atoms with Gasteiger partial charge in [-0.25, -0.2) is 13.1 Å². The number of sulfone groups is 1. The second-order valence-electron chi connectivity index (χ2n) is 8.08. The number of tetrazole rings is 1. The Labute approximate surface area is 214 Å². The summed E-state index contributed by atoms with van der Waals surface area (Å²) in [4.78, 5) is 27.9. The summed E-state index contributed by atoms with van der Waals surface area (Å²) in [7, 11) is 0.419. The van der Waals surface area contributed by atoms with Crippen molar-refractivity contribution in [2.24, 2.45) is 22.6 Å². The summed E-state index contributed by atoms with van der Waals surface area (Å²) < 4.78 is 32.9. The number of ketones is 1. The van der Waals surface area contributed by atoms with Crippen LogP contribution in [0.3, 0.4) is 0 Å². The van der Waals surface area contributed by atoms with Gasteiger partial charge in [0.25, 0.3) is 12.2 Å². The number of amides is 1. The van der Waals surface area contributed by atoms with E-state index in [0.29, 0.717) is 10.7 Å². The Hall–Kier alpha value is -2.99. The van der Waals surface area contributed by atoms with E-state index >= 15 is 0 Å². The van der Waals surface area contributed by atoms with Crippen molar-refractivity contribution < 1.29 is 26.7 Å². The van der Waals surface area contributed by atoms with Crippen LogP contribution in [0.15, 0.2) is 62.3 Å². The summed E-state index contributed by atoms with van der Waals surface area (Å²) in [5.41, 5.74) is 0.531. The number of benzene rings is 1. The largest absolute Gasteiger partial charge is 0.368 e. The molecule has 0 spiro atoms. The number of hydrogen-bond acceptors (Lipinski definition) is 13. The minimum Gasteiger partial charge on any atom is -0.368 e. The first-order chi connectivity index (χ1) is 17.2. The lowest BCUT2D eigenvalue weighted by atomic mass is 9.99. The number of carbonyl (C=O) groups is 2. The van der Waals surface area contributed by atoms with E-state index < -0.39 is 37.6 Å². The first-order valence-electron chi connectivity index (χ1n) is 10.5. The van der Waals surface area contributed by atoms with E-state index in [0.717, 1.165) is 28.6 Å². The molecule has 0 radical (unpaired) electrons. The lowest BCUT2D eigenvalue weighted by molar-refractivity contribution is -0.674. The fourth-order valence-corrected chi connectivity index (χ4v) is 9.28. The second kappa shape index (κ2) is 9.15. The molecule has 3 aliphatic rings. The standard InChI is InChI=1S/C19H20N9O5S3/c1-26-19(21-23-24-26)34-9-12-13(14(29)11-7-5-4-6-8-11)27-16(30)15(33-3)17(27)36(31,32)18(12)35-28(2)10-20-22-25-28/h4-8,10,15,17-18H,9H2,1-3H3/q+1. The maximum absolute atomic E-state index is 13.9. The molecule has 4 heterocycles. The average Bonchev–Trinajstić information content (AvgIpc) is 3.48. The third-order valence-corrected chi connectivity index (χ3v) is 11.0. The number of fused-ring (bicyclic) bond motifs is 1. The highest BCUT2D eigenvalue weighted by Gasteiger charge is 2.65. The summed E-state index contributed by atoms with van der Waals surface area (Å²) in [6.45, 7) is 0. The van der Waals surface area contributed by atoms with Crippen LogP contribution in [-0.4, -0.2) is 91.5 Å². The van der Waals surface area contributed by atoms with Crippen LogP contribution in [0.5, 0.6) is 0 Å². The van der Waals surface area contributed by atoms with E-state index in [2.05, 4.69) is 31.1 Å². The minimum atomic E-state index is -4.10. The molecular formula is C19H20N9O5S3+. The number of thioether (sulfide) groups is 1. The molecule has 1 amide bonds. The molecular weight excluding hydrogens is 530 g/mol. The molecule has 3 aliphatic heterocycles. The van der Waals surface area contributed by atoms with Crippen molar-refractivity contribution in [3.05, 3.63) is 47.2 Å². The molecule has 17 heteroatoms. The minimum absolute atomic E-state index is 0.000808. The normalized spacial score (nSPS) is 28.4. The van der Waals surface area contributed by atoms with E-state index in [-0.39, 0.29) is 21.0 Å². The zero-order valence-electron chi connectivity index (χ0n) is 19.2. The van der Waals surface area contributed by atoms with E-state index in [1.807, 2.05) is 0 Å². The van der Waals surface area contributed by atoms with E-state index in [4.69, 9.17) is 4.74 Å². The van der Waals surface area contributed by atoms with Crippen molar-refractivity contribution in [3.8, 4) is 0 Å². The maximum atomic E-state index is 13.9. The van der Waals surface area contributed by atoms with Crippen LogP contribution >= 0.6 is 23.7 Å². The lowest BCUT2D eigenvalue weighted by Crippen LogP contribution is -2.72. The Bertz CT molecular complexity index is 1410. The molecule has 4 atom stereocenters. The van der Waals surface area contributed by atoms with Gasteiger partial charge in [-0.1, -0.05) is 51.2 Å². The number of β-lactam (4-membered cyclic amide) rings is 1. The molecule has 1 saturated heterocycles. The van der Waals surface area contributed by atoms with Gasteiger partial charge in [-0.3, -0.25) is 14.5 Å². The number of Topliss-reactive ketones (excluding diaryl/α,β-unsaturated/α-hetero) is 1. The van der Waals surface area contributed by atoms with E-state index in [9.17, 15) is 18.0 Å². The number of quaternary nitrogens is 1. The van der Waals surface area contributed by atoms with Crippen molar-refractivity contribution in [1.29, 1.82) is 0 Å². The predicted molar refractivity (Wildman–Crippen MR) is 129 cm³/mol. The number of ether oxygens (including phenoxy) is 1. The second-order valence-corrected chi connectivity index (χ2v) is 12.9. The van der Waals surface area contributed by atoms with Gasteiger partial charge in [0.05, 0.1) is 10.9 Å². The van der Waals surface area contributed by atoms with Gasteiger partial charge in [-0.2, -0.15) is 0 Å². The van der Waals surface area contributed by atoms with Gasteiger partial charge < -0.3 is 4.74 Å². The van der Waals surface area contributed by atoms with Crippen LogP contribution in [0.4, 0.5) is 0 Å². The van der Waals surface area contributed by atoms with Gasteiger partial charge in [-0.05, 0) is 10.4 Å². The van der Waals surface area contributed by atoms with Crippen molar-refractivity contribution in [1.82, 2.24) is 25.1 Å². The molecule has 188 valence electrons. The Morgan fingerprint density at radius 2 is 2.00 bits per heavy atom. The molecule has 0 bridgehead atoms. The molecule has 0 saturated carbocycles. The fraction of sp³-hybridized carbons (Fsp3) is 0.368. The fourth-order valence-electron chi connectivity index (χ4n) is 4.02. The topological polar surface area (TPSA) is 161 Å². The molecule has 14 nitrogen and oxygen atoms in total. The van der Waals surface area contributed by atoms with Crippen LogP contribution in [0.25, 0.3) is 0 Å². The lowest BCUT2D eigenvalue weighted by Gasteiger charge is -2.50. The molecule has 2 aromatic rings. The highest BCUT2D eigenvalue weighted by Crippen LogP contribution is 2.48. The molecule has 4 unspecified atom stereocenters. The highest BCUT2D eigenvalue weighted by atomic mass is 32.3. The Kier molecular flexibility index (Phi) is 6.27. The summed E-state index contributed by atoms with van der Waals surface area (Å²) in [5, 5.41) is 21.8. The maximum Gasteiger partial charge on any atom is 0.260 e. The van der Waals surface area contributed by atoms with Crippen LogP contribution < -0.4 is 0 Å². The van der Waals surface area contributed by atoms with E-state index in [1.54, 1.807) is 44.4 Å². The van der Waals surface area contributed by atoms with Crippen LogP contribution in [-0.2, 0) is 26.4 Å². The van der Waals surface area contributed by atoms with Crippen molar-refractivity contribution in [3.63, 3.8) is 0 Å². The SMILES string of the molecule is COC1C(=O)N2C(C(=O)c3ccccc3)=C(CSc3nnnn3C)C(S[N+]3(C)C=NN=N3)S(=O)(=O)C12. The summed E-state index contributed by atoms with van der Waals surface area (Å²) in [5.74, 6) is -1.06. The van der Waals surface area contributed by atoms with Crippen molar-refractivity contribution in [2.75, 3.05) is 19.9 Å². The first kappa shape index (κ1) is 24.7. The summed E-state index contributed by atoms with van der Waals surface area (Å²) >= 11 is 2.07. The first-order valence-corrected chi connectivity index (χ1v) is 13.9. The predicted octanol–water partition coefficient (Wildman–Crippen LogP) is 0.796. The van der Waals surface area contributed by atoms with Gasteiger partial charge in [0.2, 0.25) is 10.9 Å². The molecule has 1 aromatic heterocycles. The molecule has 1 fully saturated rings. The average molecular weight is 551 g/mol. The Balaban J connectivity index is 1.69. The molecule has 0 aliphatic carbocycles. The van der Waals surface area contributed by atoms with Gasteiger partial charge in [-0.15, -0.1) is 5.10 Å². The Morgan fingerprint density at radius 3 is 2.61 bits per heavy atom. The zero-order chi connectivity index (χ0) is 25.7. The third-order valence-electron chi connectivity index (χ3n) is 5.75. The van der Waals surface area contributed by atoms with Crippen LogP contribution in [0.2, 0.25) is 0 Å². The smallest absolute Gasteiger partial charge is 0.260 e. The van der Waals surface area contributed by atoms with Crippen molar-refractivity contribution >= 4 is 51.6 Å². The molecule has 1 aromatic carbocycles. The van der Waals surface area contributed by atoms with Crippen LogP contribution in [0.1, 0.15) is 10.4 Å². The number of rotatable bonds is 8. The Morgan fingerprint density at radius 1 is 1.25 bits per heavy atom. The number of aromatic nitrogens is 4. The molecule has 5 rings (SSSR count). The quantitative estimate of drug-likeness (QED) is 0.151. The number of carbonyl (C=O) groups excluding carboxylic acids is 2. The van der Waals surface area contributed by atoms with Gasteiger partial charge >= 0.3 is 0 Å². The van der Waals surface area contributed by atoms with Gasteiger partial charge in [0.1, 0.15) is 19.0 Å². The number of nitrogens with zero attached hydrogens (tertiary/aromatic N) is 9. The highest BCUT2D eigenvalue weighted by molar-refractivity contribution is 8.11. The number of hydrogen-bond donors (Lipinski definition) is 0. The third kappa shape index (κ3) is 3.96. The number of aryl methyl sites for hydroxylation is 1. The number of allylic oxidation sites excluding steroid dienone is 1. The van der Waals surface area contributed by atoms with Gasteiger partial charge in [0, 0.05) is 36.3 Å². The molecule has 36 heavy (non-hydrogen) atoms. The van der Waals surface area contributed by atoms with Crippen LogP contribution in [0, 0.1) is 0 Å². The summed E-state index contributed by atoms with van der Waals surface area (Å²) in [6, 6.07) is 8.37. The van der Waals surface area contributed by atoms with E-state index in [1.165, 1.54) is 18.1 Å². The monoisotopic (exact) mass is 550 g/mol. The van der Waals surface area contributed by atoms with Crippen molar-refractivity contribution in [2.45, 2.75) is 21.2 Å². The zero-order valence-corrected chi connectivity index (χ0v) is 21.6. The summed E-state index contributed by atoms with van der Waals surface area (Å²) in [6.07, 6.45) is 0.149. The molecule has 0 N–H and O–H groups in total.